The van der Waals surface area contributed by atoms with Gasteiger partial charge in [0.2, 0.25) is 17.6 Å². The van der Waals surface area contributed by atoms with Gasteiger partial charge in [-0.05, 0) is 37.6 Å². The number of amides is 1. The molecule has 0 saturated carbocycles. The third-order valence-electron chi connectivity index (χ3n) is 3.16. The smallest absolute Gasteiger partial charge is 0.227 e. The molecule has 112 valence electrons. The van der Waals surface area contributed by atoms with Crippen molar-refractivity contribution >= 4 is 17.5 Å². The van der Waals surface area contributed by atoms with Crippen molar-refractivity contribution in [3.8, 4) is 11.4 Å². The number of hydrogen-bond donors (Lipinski definition) is 1. The largest absolute Gasteiger partial charge is 0.354 e. The molecule has 0 bridgehead atoms. The fourth-order valence-corrected chi connectivity index (χ4v) is 1.87. The standard InChI is InChI=1S/C15H18ClN3O2/c1-3-10(2)17-13(20)8-9-14-18-15(19-21-14)11-4-6-12(16)7-5-11/h4-7,10H,3,8-9H2,1-2H3,(H,17,20). The summed E-state index contributed by atoms with van der Waals surface area (Å²) < 4.78 is 5.16. The van der Waals surface area contributed by atoms with Gasteiger partial charge in [0, 0.05) is 29.5 Å². The first kappa shape index (κ1) is 15.5. The van der Waals surface area contributed by atoms with Crippen LogP contribution >= 0.6 is 11.6 Å². The second kappa shape index (κ2) is 7.22. The van der Waals surface area contributed by atoms with Gasteiger partial charge in [-0.3, -0.25) is 4.79 Å². The molecule has 2 aromatic rings. The Morgan fingerprint density at radius 3 is 2.76 bits per heavy atom. The highest BCUT2D eigenvalue weighted by molar-refractivity contribution is 6.30. The van der Waals surface area contributed by atoms with Crippen molar-refractivity contribution in [1.82, 2.24) is 15.5 Å². The van der Waals surface area contributed by atoms with Crippen molar-refractivity contribution in [2.24, 2.45) is 0 Å². The van der Waals surface area contributed by atoms with Gasteiger partial charge < -0.3 is 9.84 Å². The van der Waals surface area contributed by atoms with Crippen LogP contribution in [0.1, 0.15) is 32.6 Å². The Morgan fingerprint density at radius 1 is 1.38 bits per heavy atom. The molecule has 1 aromatic carbocycles. The maximum absolute atomic E-state index is 11.7. The van der Waals surface area contributed by atoms with E-state index in [1.807, 2.05) is 26.0 Å². The molecule has 1 atom stereocenters. The summed E-state index contributed by atoms with van der Waals surface area (Å²) in [5.74, 6) is 0.957. The van der Waals surface area contributed by atoms with Crippen molar-refractivity contribution in [3.05, 3.63) is 35.2 Å². The van der Waals surface area contributed by atoms with Crippen LogP contribution in [-0.2, 0) is 11.2 Å². The Bertz CT molecular complexity index is 595. The van der Waals surface area contributed by atoms with E-state index in [9.17, 15) is 4.79 Å². The topological polar surface area (TPSA) is 68.0 Å². The summed E-state index contributed by atoms with van der Waals surface area (Å²) in [6, 6.07) is 7.38. The molecule has 0 aliphatic carbocycles. The van der Waals surface area contributed by atoms with Crippen molar-refractivity contribution in [2.45, 2.75) is 39.2 Å². The second-order valence-electron chi connectivity index (χ2n) is 4.90. The average Bonchev–Trinajstić information content (AvgIpc) is 2.94. The lowest BCUT2D eigenvalue weighted by atomic mass is 10.2. The minimum absolute atomic E-state index is 0.00408. The van der Waals surface area contributed by atoms with E-state index in [0.29, 0.717) is 29.6 Å². The number of nitrogens with one attached hydrogen (secondary N) is 1. The van der Waals surface area contributed by atoms with Crippen LogP contribution < -0.4 is 5.32 Å². The quantitative estimate of drug-likeness (QED) is 0.889. The Morgan fingerprint density at radius 2 is 2.10 bits per heavy atom. The van der Waals surface area contributed by atoms with E-state index in [1.165, 1.54) is 0 Å². The molecular formula is C15H18ClN3O2. The molecule has 6 heteroatoms. The predicted molar refractivity (Wildman–Crippen MR) is 81.0 cm³/mol. The number of hydrogen-bond acceptors (Lipinski definition) is 4. The molecule has 0 fully saturated rings. The summed E-state index contributed by atoms with van der Waals surface area (Å²) in [7, 11) is 0. The molecule has 1 unspecified atom stereocenters. The molecule has 1 amide bonds. The zero-order chi connectivity index (χ0) is 15.2. The second-order valence-corrected chi connectivity index (χ2v) is 5.33. The highest BCUT2D eigenvalue weighted by Gasteiger charge is 2.11. The summed E-state index contributed by atoms with van der Waals surface area (Å²) in [5, 5.41) is 7.47. The molecular weight excluding hydrogens is 290 g/mol. The Hall–Kier alpha value is -1.88. The lowest BCUT2D eigenvalue weighted by molar-refractivity contribution is -0.121. The lowest BCUT2D eigenvalue weighted by Gasteiger charge is -2.10. The molecule has 0 radical (unpaired) electrons. The van der Waals surface area contributed by atoms with Gasteiger partial charge in [0.15, 0.2) is 0 Å². The lowest BCUT2D eigenvalue weighted by Crippen LogP contribution is -2.32. The number of rotatable bonds is 6. The number of halogens is 1. The summed E-state index contributed by atoms with van der Waals surface area (Å²) in [6.45, 7) is 4.00. The van der Waals surface area contributed by atoms with E-state index in [0.717, 1.165) is 12.0 Å². The number of carbonyl (C=O) groups excluding carboxylic acids is 1. The summed E-state index contributed by atoms with van der Waals surface area (Å²) >= 11 is 5.83. The van der Waals surface area contributed by atoms with Crippen LogP contribution in [0.5, 0.6) is 0 Å². The van der Waals surface area contributed by atoms with Crippen molar-refractivity contribution < 1.29 is 9.32 Å². The molecule has 0 spiro atoms. The van der Waals surface area contributed by atoms with E-state index in [2.05, 4.69) is 15.5 Å². The Labute approximate surface area is 128 Å². The summed E-state index contributed by atoms with van der Waals surface area (Å²) in [5.41, 5.74) is 0.832. The minimum atomic E-state index is -0.00408. The van der Waals surface area contributed by atoms with Crippen LogP contribution in [0, 0.1) is 0 Å². The molecule has 0 aliphatic rings. The van der Waals surface area contributed by atoms with E-state index in [4.69, 9.17) is 16.1 Å². The van der Waals surface area contributed by atoms with Crippen LogP contribution in [0.2, 0.25) is 5.02 Å². The van der Waals surface area contributed by atoms with Gasteiger partial charge in [0.1, 0.15) is 0 Å². The first-order valence-corrected chi connectivity index (χ1v) is 7.34. The first-order chi connectivity index (χ1) is 10.1. The molecule has 5 nitrogen and oxygen atoms in total. The van der Waals surface area contributed by atoms with Gasteiger partial charge in [-0.15, -0.1) is 0 Å². The summed E-state index contributed by atoms with van der Waals surface area (Å²) in [4.78, 5) is 16.0. The van der Waals surface area contributed by atoms with Crippen molar-refractivity contribution in [3.63, 3.8) is 0 Å². The molecule has 1 heterocycles. The molecule has 0 aliphatic heterocycles. The third-order valence-corrected chi connectivity index (χ3v) is 3.41. The zero-order valence-corrected chi connectivity index (χ0v) is 12.9. The number of nitrogens with zero attached hydrogens (tertiary/aromatic N) is 2. The van der Waals surface area contributed by atoms with Gasteiger partial charge in [-0.25, -0.2) is 0 Å². The zero-order valence-electron chi connectivity index (χ0n) is 12.1. The van der Waals surface area contributed by atoms with Crippen LogP contribution in [0.4, 0.5) is 0 Å². The van der Waals surface area contributed by atoms with Gasteiger partial charge in [0.25, 0.3) is 0 Å². The molecule has 1 N–H and O–H groups in total. The molecule has 0 saturated heterocycles. The van der Waals surface area contributed by atoms with Crippen LogP contribution in [-0.4, -0.2) is 22.1 Å². The third kappa shape index (κ3) is 4.56. The monoisotopic (exact) mass is 307 g/mol. The fraction of sp³-hybridized carbons (Fsp3) is 0.400. The van der Waals surface area contributed by atoms with Gasteiger partial charge >= 0.3 is 0 Å². The molecule has 1 aromatic heterocycles. The van der Waals surface area contributed by atoms with E-state index >= 15 is 0 Å². The minimum Gasteiger partial charge on any atom is -0.354 e. The van der Waals surface area contributed by atoms with E-state index in [1.54, 1.807) is 12.1 Å². The normalized spacial score (nSPS) is 12.1. The van der Waals surface area contributed by atoms with Gasteiger partial charge in [-0.2, -0.15) is 4.98 Å². The average molecular weight is 308 g/mol. The highest BCUT2D eigenvalue weighted by Crippen LogP contribution is 2.18. The van der Waals surface area contributed by atoms with Gasteiger partial charge in [-0.1, -0.05) is 23.7 Å². The Balaban J connectivity index is 1.91. The van der Waals surface area contributed by atoms with Gasteiger partial charge in [0.05, 0.1) is 0 Å². The molecule has 2 rings (SSSR count). The van der Waals surface area contributed by atoms with Crippen LogP contribution in [0.3, 0.4) is 0 Å². The number of aromatic nitrogens is 2. The maximum Gasteiger partial charge on any atom is 0.227 e. The Kier molecular flexibility index (Phi) is 5.33. The van der Waals surface area contributed by atoms with E-state index in [-0.39, 0.29) is 11.9 Å². The summed E-state index contributed by atoms with van der Waals surface area (Å²) in [6.07, 6.45) is 1.68. The van der Waals surface area contributed by atoms with E-state index < -0.39 is 0 Å². The SMILES string of the molecule is CCC(C)NC(=O)CCc1nc(-c2ccc(Cl)cc2)no1. The maximum atomic E-state index is 11.7. The van der Waals surface area contributed by atoms with Crippen molar-refractivity contribution in [1.29, 1.82) is 0 Å². The number of benzene rings is 1. The molecule has 21 heavy (non-hydrogen) atoms. The van der Waals surface area contributed by atoms with Crippen molar-refractivity contribution in [2.75, 3.05) is 0 Å². The van der Waals surface area contributed by atoms with Crippen LogP contribution in [0.15, 0.2) is 28.8 Å². The number of aryl methyl sites for hydroxylation is 1. The predicted octanol–water partition coefficient (Wildman–Crippen LogP) is 3.24. The number of carbonyl (C=O) groups is 1. The van der Waals surface area contributed by atoms with Crippen LogP contribution in [0.25, 0.3) is 11.4 Å². The first-order valence-electron chi connectivity index (χ1n) is 6.96. The highest BCUT2D eigenvalue weighted by atomic mass is 35.5. The fourth-order valence-electron chi connectivity index (χ4n) is 1.74.